The van der Waals surface area contributed by atoms with Crippen LogP contribution in [0.4, 0.5) is 16.8 Å². The Morgan fingerprint density at radius 2 is 2.05 bits per heavy atom. The number of anilines is 3. The van der Waals surface area contributed by atoms with Gasteiger partial charge in [0.15, 0.2) is 10.9 Å². The van der Waals surface area contributed by atoms with Crippen LogP contribution in [-0.4, -0.2) is 15.0 Å². The maximum absolute atomic E-state index is 6.01. The number of benzene rings is 1. The molecule has 0 aliphatic rings. The molecule has 0 atom stereocenters. The van der Waals surface area contributed by atoms with Crippen molar-refractivity contribution >= 4 is 61.5 Å². The number of hydrogen-bond acceptors (Lipinski definition) is 6. The number of thiazole rings is 1. The summed E-state index contributed by atoms with van der Waals surface area (Å²) in [5, 5.41) is 4.64. The van der Waals surface area contributed by atoms with Crippen LogP contribution in [0.1, 0.15) is 0 Å². The Morgan fingerprint density at radius 3 is 2.89 bits per heavy atom. The monoisotopic (exact) mass is 311 g/mol. The maximum atomic E-state index is 6.01. The molecule has 3 rings (SSSR count). The molecule has 0 aliphatic carbocycles. The van der Waals surface area contributed by atoms with Crippen molar-refractivity contribution in [3.8, 4) is 0 Å². The Kier molecular flexibility index (Phi) is 3.14. The molecule has 5 nitrogen and oxygen atoms in total. The smallest absolute Gasteiger partial charge is 0.189 e. The van der Waals surface area contributed by atoms with Crippen LogP contribution in [0.25, 0.3) is 10.2 Å². The van der Waals surface area contributed by atoms with Gasteiger partial charge in [0.1, 0.15) is 17.2 Å². The van der Waals surface area contributed by atoms with Gasteiger partial charge in [-0.1, -0.05) is 34.5 Å². The lowest BCUT2D eigenvalue weighted by Gasteiger charge is -2.04. The van der Waals surface area contributed by atoms with Crippen molar-refractivity contribution in [1.29, 1.82) is 0 Å². The average Bonchev–Trinajstić information content (AvgIpc) is 2.76. The Balaban J connectivity index is 1.99. The maximum Gasteiger partial charge on any atom is 0.189 e. The van der Waals surface area contributed by atoms with E-state index in [-0.39, 0.29) is 10.8 Å². The molecular formula is C11H7Cl2N5S. The number of fused-ring (bicyclic) bond motifs is 1. The van der Waals surface area contributed by atoms with Crippen LogP contribution in [0.15, 0.2) is 24.5 Å². The number of nitrogens with two attached hydrogens (primary N) is 1. The highest BCUT2D eigenvalue weighted by molar-refractivity contribution is 7.22. The summed E-state index contributed by atoms with van der Waals surface area (Å²) in [6.07, 6.45) is 1.34. The number of rotatable bonds is 2. The van der Waals surface area contributed by atoms with E-state index in [2.05, 4.69) is 20.3 Å². The molecule has 0 aliphatic heterocycles. The molecule has 1 aromatic carbocycles. The fourth-order valence-corrected chi connectivity index (χ4v) is 2.81. The minimum atomic E-state index is 0.225. The molecule has 0 unspecified atom stereocenters. The summed E-state index contributed by atoms with van der Waals surface area (Å²) < 4.78 is 0.980. The number of nitrogens with one attached hydrogen (secondary N) is 1. The topological polar surface area (TPSA) is 76.7 Å². The lowest BCUT2D eigenvalue weighted by Crippen LogP contribution is -1.99. The van der Waals surface area contributed by atoms with E-state index in [4.69, 9.17) is 28.9 Å². The highest BCUT2D eigenvalue weighted by Crippen LogP contribution is 2.32. The van der Waals surface area contributed by atoms with Crippen LogP contribution < -0.4 is 11.1 Å². The number of nitrogens with zero attached hydrogens (tertiary/aromatic N) is 3. The van der Waals surface area contributed by atoms with Gasteiger partial charge in [-0.05, 0) is 18.2 Å². The predicted molar refractivity (Wildman–Crippen MR) is 79.4 cm³/mol. The number of halogens is 2. The molecule has 3 aromatic rings. The summed E-state index contributed by atoms with van der Waals surface area (Å²) in [6.45, 7) is 0. The number of aromatic nitrogens is 3. The van der Waals surface area contributed by atoms with Gasteiger partial charge in [0.2, 0.25) is 0 Å². The third-order valence-corrected chi connectivity index (χ3v) is 3.93. The molecule has 0 saturated carbocycles. The molecule has 0 fully saturated rings. The summed E-state index contributed by atoms with van der Waals surface area (Å²) in [6, 6.07) is 5.51. The van der Waals surface area contributed by atoms with E-state index >= 15 is 0 Å². The Morgan fingerprint density at radius 1 is 1.21 bits per heavy atom. The van der Waals surface area contributed by atoms with E-state index < -0.39 is 0 Å². The van der Waals surface area contributed by atoms with Crippen molar-refractivity contribution < 1.29 is 0 Å². The molecule has 2 heterocycles. The highest BCUT2D eigenvalue weighted by atomic mass is 35.5. The normalized spacial score (nSPS) is 10.8. The molecule has 0 bridgehead atoms. The first-order valence-electron chi connectivity index (χ1n) is 5.22. The first-order chi connectivity index (χ1) is 9.13. The molecule has 0 amide bonds. The molecule has 0 radical (unpaired) electrons. The summed E-state index contributed by atoms with van der Waals surface area (Å²) in [5.74, 6) is 0.655. The Hall–Kier alpha value is -1.63. The molecule has 96 valence electrons. The molecular weight excluding hydrogens is 305 g/mol. The number of hydrogen-bond donors (Lipinski definition) is 2. The molecule has 19 heavy (non-hydrogen) atoms. The van der Waals surface area contributed by atoms with Gasteiger partial charge in [-0.15, -0.1) is 0 Å². The van der Waals surface area contributed by atoms with E-state index in [1.54, 1.807) is 6.07 Å². The summed E-state index contributed by atoms with van der Waals surface area (Å²) in [4.78, 5) is 12.2. The highest BCUT2D eigenvalue weighted by Gasteiger charge is 2.10. The van der Waals surface area contributed by atoms with Crippen LogP contribution in [0.5, 0.6) is 0 Å². The minimum Gasteiger partial charge on any atom is -0.382 e. The SMILES string of the molecule is Nc1ncnc(Nc2nc3ccc(Cl)cc3s2)c1Cl. The fourth-order valence-electron chi connectivity index (χ4n) is 1.52. The van der Waals surface area contributed by atoms with Crippen molar-refractivity contribution in [2.24, 2.45) is 0 Å². The van der Waals surface area contributed by atoms with Gasteiger partial charge in [-0.3, -0.25) is 0 Å². The Labute approximate surface area is 122 Å². The van der Waals surface area contributed by atoms with E-state index in [0.717, 1.165) is 10.2 Å². The van der Waals surface area contributed by atoms with Gasteiger partial charge in [0.25, 0.3) is 0 Å². The largest absolute Gasteiger partial charge is 0.382 e. The van der Waals surface area contributed by atoms with Gasteiger partial charge in [-0.25, -0.2) is 15.0 Å². The lowest BCUT2D eigenvalue weighted by molar-refractivity contribution is 1.17. The van der Waals surface area contributed by atoms with Gasteiger partial charge < -0.3 is 11.1 Å². The zero-order valence-corrected chi connectivity index (χ0v) is 11.7. The fraction of sp³-hybridized carbons (Fsp3) is 0. The van der Waals surface area contributed by atoms with Gasteiger partial charge in [0.05, 0.1) is 10.2 Å². The van der Waals surface area contributed by atoms with E-state index in [1.165, 1.54) is 17.7 Å². The number of nitrogen functional groups attached to an aromatic ring is 1. The molecule has 8 heteroatoms. The van der Waals surface area contributed by atoms with Crippen molar-refractivity contribution in [3.05, 3.63) is 34.6 Å². The van der Waals surface area contributed by atoms with Crippen LogP contribution in [0, 0.1) is 0 Å². The van der Waals surface area contributed by atoms with Crippen LogP contribution in [0.3, 0.4) is 0 Å². The first-order valence-corrected chi connectivity index (χ1v) is 6.80. The second-order valence-corrected chi connectivity index (χ2v) is 5.52. The molecule has 3 N–H and O–H groups in total. The lowest BCUT2D eigenvalue weighted by atomic mass is 10.3. The molecule has 0 saturated heterocycles. The molecule has 0 spiro atoms. The third kappa shape index (κ3) is 2.42. The standard InChI is InChI=1S/C11H7Cl2N5S/c12-5-1-2-6-7(3-5)19-11(17-6)18-10-8(13)9(14)15-4-16-10/h1-4H,(H3,14,15,16,17,18). The summed E-state index contributed by atoms with van der Waals surface area (Å²) in [7, 11) is 0. The van der Waals surface area contributed by atoms with Crippen LogP contribution in [0.2, 0.25) is 10.0 Å². The quantitative estimate of drug-likeness (QED) is 0.754. The van der Waals surface area contributed by atoms with Gasteiger partial charge >= 0.3 is 0 Å². The van der Waals surface area contributed by atoms with E-state index in [9.17, 15) is 0 Å². The van der Waals surface area contributed by atoms with Gasteiger partial charge in [-0.2, -0.15) is 0 Å². The summed E-state index contributed by atoms with van der Waals surface area (Å²) in [5.41, 5.74) is 6.47. The van der Waals surface area contributed by atoms with Crippen molar-refractivity contribution in [3.63, 3.8) is 0 Å². The van der Waals surface area contributed by atoms with Crippen molar-refractivity contribution in [2.45, 2.75) is 0 Å². The Bertz CT molecular complexity index is 758. The zero-order valence-electron chi connectivity index (χ0n) is 9.39. The molecule has 2 aromatic heterocycles. The van der Waals surface area contributed by atoms with E-state index in [1.807, 2.05) is 12.1 Å². The van der Waals surface area contributed by atoms with Crippen LogP contribution in [-0.2, 0) is 0 Å². The van der Waals surface area contributed by atoms with Crippen molar-refractivity contribution in [1.82, 2.24) is 15.0 Å². The predicted octanol–water partition coefficient (Wildman–Crippen LogP) is 3.72. The van der Waals surface area contributed by atoms with Crippen LogP contribution >= 0.6 is 34.5 Å². The van der Waals surface area contributed by atoms with E-state index in [0.29, 0.717) is 16.0 Å². The second-order valence-electron chi connectivity index (χ2n) is 3.68. The van der Waals surface area contributed by atoms with Gasteiger partial charge in [0, 0.05) is 5.02 Å². The third-order valence-electron chi connectivity index (χ3n) is 2.39. The van der Waals surface area contributed by atoms with Crippen molar-refractivity contribution in [2.75, 3.05) is 11.1 Å². The average molecular weight is 312 g/mol. The minimum absolute atomic E-state index is 0.225. The summed E-state index contributed by atoms with van der Waals surface area (Å²) >= 11 is 13.4. The first kappa shape index (κ1) is 12.4. The zero-order chi connectivity index (χ0) is 13.4. The second kappa shape index (κ2) is 4.80.